The van der Waals surface area contributed by atoms with E-state index in [1.165, 1.54) is 0 Å². The predicted octanol–water partition coefficient (Wildman–Crippen LogP) is 1.98. The fraction of sp³-hybridized carbons (Fsp3) is 0.300. The minimum atomic E-state index is -0.367. The second-order valence-corrected chi connectivity index (χ2v) is 4.56. The first kappa shape index (κ1) is 11.7. The van der Waals surface area contributed by atoms with Crippen molar-refractivity contribution in [2.75, 3.05) is 0 Å². The van der Waals surface area contributed by atoms with Gasteiger partial charge < -0.3 is 5.32 Å². The summed E-state index contributed by atoms with van der Waals surface area (Å²) >= 11 is 1.15. The number of aromatic nitrogens is 2. The lowest BCUT2D eigenvalue weighted by atomic mass is 10.2. The molecule has 2 N–H and O–H groups in total. The smallest absolute Gasteiger partial charge is 0.308 e. The van der Waals surface area contributed by atoms with Gasteiger partial charge in [-0.2, -0.15) is 5.10 Å². The Balaban J connectivity index is 1.86. The van der Waals surface area contributed by atoms with E-state index in [0.29, 0.717) is 13.1 Å². The van der Waals surface area contributed by atoms with Gasteiger partial charge in [-0.05, 0) is 12.5 Å². The number of hydrogen-bond donors (Lipinski definition) is 2. The lowest BCUT2D eigenvalue weighted by Crippen LogP contribution is -2.12. The number of nitro groups is 1. The molecule has 0 spiro atoms. The third kappa shape index (κ3) is 2.89. The van der Waals surface area contributed by atoms with Crippen molar-refractivity contribution in [1.82, 2.24) is 15.5 Å². The topological polar surface area (TPSA) is 83.8 Å². The SMILES string of the molecule is Cc1[nH]ncc1CNCc1csc([N+](=O)[O-])c1. The number of hydrogen-bond acceptors (Lipinski definition) is 5. The number of aryl methyl sites for hydroxylation is 1. The zero-order valence-corrected chi connectivity index (χ0v) is 10.1. The van der Waals surface area contributed by atoms with Gasteiger partial charge in [0.2, 0.25) is 0 Å². The average Bonchev–Trinajstić information content (AvgIpc) is 2.89. The van der Waals surface area contributed by atoms with E-state index in [2.05, 4.69) is 15.5 Å². The van der Waals surface area contributed by atoms with Gasteiger partial charge >= 0.3 is 5.00 Å². The van der Waals surface area contributed by atoms with Crippen molar-refractivity contribution in [1.29, 1.82) is 0 Å². The number of nitrogens with zero attached hydrogens (tertiary/aromatic N) is 2. The van der Waals surface area contributed by atoms with Crippen molar-refractivity contribution in [2.45, 2.75) is 20.0 Å². The van der Waals surface area contributed by atoms with Crippen molar-refractivity contribution in [3.8, 4) is 0 Å². The summed E-state index contributed by atoms with van der Waals surface area (Å²) < 4.78 is 0. The Morgan fingerprint density at radius 2 is 2.41 bits per heavy atom. The van der Waals surface area contributed by atoms with Crippen LogP contribution < -0.4 is 5.32 Å². The van der Waals surface area contributed by atoms with Crippen LogP contribution in [-0.2, 0) is 13.1 Å². The number of H-pyrrole nitrogens is 1. The highest BCUT2D eigenvalue weighted by atomic mass is 32.1. The van der Waals surface area contributed by atoms with Gasteiger partial charge in [-0.3, -0.25) is 15.2 Å². The first-order valence-corrected chi connectivity index (χ1v) is 5.96. The van der Waals surface area contributed by atoms with Crippen LogP contribution in [0.25, 0.3) is 0 Å². The van der Waals surface area contributed by atoms with E-state index in [0.717, 1.165) is 28.2 Å². The molecule has 2 heterocycles. The van der Waals surface area contributed by atoms with Crippen LogP contribution >= 0.6 is 11.3 Å². The molecule has 0 aromatic carbocycles. The molecule has 0 aliphatic rings. The molecule has 6 nitrogen and oxygen atoms in total. The van der Waals surface area contributed by atoms with Crippen LogP contribution in [0.2, 0.25) is 0 Å². The van der Waals surface area contributed by atoms with Crippen LogP contribution in [0.5, 0.6) is 0 Å². The van der Waals surface area contributed by atoms with Gasteiger partial charge in [0.15, 0.2) is 0 Å². The number of aromatic amines is 1. The van der Waals surface area contributed by atoms with Gasteiger partial charge in [0.1, 0.15) is 0 Å². The fourth-order valence-electron chi connectivity index (χ4n) is 1.45. The average molecular weight is 252 g/mol. The second-order valence-electron chi connectivity index (χ2n) is 3.67. The molecule has 2 aromatic rings. The van der Waals surface area contributed by atoms with Gasteiger partial charge in [0.25, 0.3) is 0 Å². The van der Waals surface area contributed by atoms with Gasteiger partial charge in [-0.25, -0.2) is 0 Å². The minimum Gasteiger partial charge on any atom is -0.308 e. The summed E-state index contributed by atoms with van der Waals surface area (Å²) in [6.07, 6.45) is 1.78. The Bertz CT molecular complexity index is 520. The molecular weight excluding hydrogens is 240 g/mol. The highest BCUT2D eigenvalue weighted by molar-refractivity contribution is 7.13. The Labute approximate surface area is 102 Å². The molecule has 0 saturated carbocycles. The third-order valence-electron chi connectivity index (χ3n) is 2.40. The summed E-state index contributed by atoms with van der Waals surface area (Å²) in [5, 5.41) is 22.5. The van der Waals surface area contributed by atoms with Crippen LogP contribution in [0.1, 0.15) is 16.8 Å². The summed E-state index contributed by atoms with van der Waals surface area (Å²) in [4.78, 5) is 10.1. The molecule has 7 heteroatoms. The molecular formula is C10H12N4O2S. The normalized spacial score (nSPS) is 10.6. The summed E-state index contributed by atoms with van der Waals surface area (Å²) in [6, 6.07) is 1.60. The fourth-order valence-corrected chi connectivity index (χ4v) is 2.18. The highest BCUT2D eigenvalue weighted by Crippen LogP contribution is 2.22. The first-order valence-electron chi connectivity index (χ1n) is 5.08. The number of thiophene rings is 1. The van der Waals surface area contributed by atoms with E-state index >= 15 is 0 Å². The molecule has 0 radical (unpaired) electrons. The van der Waals surface area contributed by atoms with Crippen molar-refractivity contribution in [2.24, 2.45) is 0 Å². The first-order chi connectivity index (χ1) is 8.16. The lowest BCUT2D eigenvalue weighted by Gasteiger charge is -2.01. The Hall–Kier alpha value is -1.73. The highest BCUT2D eigenvalue weighted by Gasteiger charge is 2.09. The van der Waals surface area contributed by atoms with Crippen LogP contribution in [0, 0.1) is 17.0 Å². The zero-order valence-electron chi connectivity index (χ0n) is 9.27. The summed E-state index contributed by atoms with van der Waals surface area (Å²) in [6.45, 7) is 3.28. The van der Waals surface area contributed by atoms with Crippen molar-refractivity contribution in [3.05, 3.63) is 44.6 Å². The van der Waals surface area contributed by atoms with Gasteiger partial charge in [0.05, 0.1) is 11.1 Å². The van der Waals surface area contributed by atoms with E-state index in [1.54, 1.807) is 17.6 Å². The molecule has 0 atom stereocenters. The quantitative estimate of drug-likeness (QED) is 0.629. The van der Waals surface area contributed by atoms with Crippen LogP contribution in [0.15, 0.2) is 17.6 Å². The molecule has 90 valence electrons. The van der Waals surface area contributed by atoms with Crippen molar-refractivity contribution < 1.29 is 4.92 Å². The van der Waals surface area contributed by atoms with E-state index in [-0.39, 0.29) is 9.92 Å². The summed E-state index contributed by atoms with van der Waals surface area (Å²) in [7, 11) is 0. The third-order valence-corrected chi connectivity index (χ3v) is 3.33. The van der Waals surface area contributed by atoms with Crippen molar-refractivity contribution >= 4 is 16.3 Å². The monoisotopic (exact) mass is 252 g/mol. The number of nitrogens with one attached hydrogen (secondary N) is 2. The second kappa shape index (κ2) is 5.07. The number of rotatable bonds is 5. The largest absolute Gasteiger partial charge is 0.324 e. The van der Waals surface area contributed by atoms with E-state index < -0.39 is 0 Å². The Kier molecular flexibility index (Phi) is 3.50. The molecule has 2 aromatic heterocycles. The summed E-state index contributed by atoms with van der Waals surface area (Å²) in [5.74, 6) is 0. The maximum absolute atomic E-state index is 10.5. The molecule has 0 bridgehead atoms. The van der Waals surface area contributed by atoms with Crippen LogP contribution in [-0.4, -0.2) is 15.1 Å². The zero-order chi connectivity index (χ0) is 12.3. The Morgan fingerprint density at radius 1 is 1.59 bits per heavy atom. The van der Waals surface area contributed by atoms with E-state index in [1.807, 2.05) is 6.92 Å². The predicted molar refractivity (Wildman–Crippen MR) is 64.8 cm³/mol. The molecule has 0 aliphatic heterocycles. The van der Waals surface area contributed by atoms with Gasteiger partial charge in [0, 0.05) is 35.8 Å². The summed E-state index contributed by atoms with van der Waals surface area (Å²) in [5.41, 5.74) is 3.08. The maximum atomic E-state index is 10.5. The van der Waals surface area contributed by atoms with Crippen LogP contribution in [0.3, 0.4) is 0 Å². The van der Waals surface area contributed by atoms with Crippen LogP contribution in [0.4, 0.5) is 5.00 Å². The maximum Gasteiger partial charge on any atom is 0.324 e. The molecule has 0 amide bonds. The molecule has 0 saturated heterocycles. The van der Waals surface area contributed by atoms with Crippen molar-refractivity contribution in [3.63, 3.8) is 0 Å². The molecule has 2 rings (SSSR count). The Morgan fingerprint density at radius 3 is 3.00 bits per heavy atom. The molecule has 0 aliphatic carbocycles. The van der Waals surface area contributed by atoms with E-state index in [9.17, 15) is 10.1 Å². The minimum absolute atomic E-state index is 0.182. The molecule has 17 heavy (non-hydrogen) atoms. The lowest BCUT2D eigenvalue weighted by molar-refractivity contribution is -0.380. The standard InChI is InChI=1S/C10H12N4O2S/c1-7-9(5-12-13-7)4-11-3-8-2-10(14(15)16)17-6-8/h2,5-6,11H,3-4H2,1H3,(H,12,13). The van der Waals surface area contributed by atoms with Gasteiger partial charge in [-0.1, -0.05) is 11.3 Å². The molecule has 0 fully saturated rings. The van der Waals surface area contributed by atoms with Gasteiger partial charge in [-0.15, -0.1) is 0 Å². The molecule has 0 unspecified atom stereocenters. The van der Waals surface area contributed by atoms with E-state index in [4.69, 9.17) is 0 Å².